The monoisotopic (exact) mass is 402 g/mol. The van der Waals surface area contributed by atoms with Gasteiger partial charge in [-0.05, 0) is 29.8 Å². The van der Waals surface area contributed by atoms with Crippen molar-refractivity contribution in [2.75, 3.05) is 16.0 Å². The van der Waals surface area contributed by atoms with Crippen LogP contribution in [0.1, 0.15) is 11.3 Å². The highest BCUT2D eigenvalue weighted by molar-refractivity contribution is 5.58. The highest BCUT2D eigenvalue weighted by Crippen LogP contribution is 2.18. The van der Waals surface area contributed by atoms with Gasteiger partial charge in [-0.3, -0.25) is 9.97 Å². The Morgan fingerprint density at radius 3 is 2.40 bits per heavy atom. The predicted molar refractivity (Wildman–Crippen MR) is 113 cm³/mol. The topological polar surface area (TPSA) is 101 Å². The van der Waals surface area contributed by atoms with Crippen molar-refractivity contribution in [1.29, 1.82) is 0 Å². The molecule has 0 bridgehead atoms. The van der Waals surface area contributed by atoms with Crippen LogP contribution in [0.3, 0.4) is 0 Å². The summed E-state index contributed by atoms with van der Waals surface area (Å²) in [5.41, 5.74) is 1.80. The fourth-order valence-corrected chi connectivity index (χ4v) is 2.64. The van der Waals surface area contributed by atoms with Crippen molar-refractivity contribution in [2.45, 2.75) is 13.1 Å². The number of rotatable bonds is 8. The smallest absolute Gasteiger partial charge is 0.226 e. The third-order valence-corrected chi connectivity index (χ3v) is 4.09. The van der Waals surface area contributed by atoms with Gasteiger partial charge >= 0.3 is 0 Å². The maximum absolute atomic E-state index is 13.1. The minimum Gasteiger partial charge on any atom is -0.364 e. The summed E-state index contributed by atoms with van der Waals surface area (Å²) in [6, 6.07) is 13.8. The second kappa shape index (κ2) is 9.37. The number of pyridine rings is 1. The van der Waals surface area contributed by atoms with Crippen molar-refractivity contribution in [3.63, 3.8) is 0 Å². The second-order valence-corrected chi connectivity index (χ2v) is 6.33. The Morgan fingerprint density at radius 1 is 0.767 bits per heavy atom. The third kappa shape index (κ3) is 5.44. The van der Waals surface area contributed by atoms with Crippen molar-refractivity contribution in [1.82, 2.24) is 24.9 Å². The van der Waals surface area contributed by atoms with Gasteiger partial charge < -0.3 is 16.0 Å². The van der Waals surface area contributed by atoms with Gasteiger partial charge in [-0.25, -0.2) is 9.37 Å². The zero-order valence-electron chi connectivity index (χ0n) is 16.0. The molecule has 0 aliphatic carbocycles. The van der Waals surface area contributed by atoms with Crippen molar-refractivity contribution in [2.24, 2.45) is 0 Å². The molecule has 0 aliphatic rings. The first-order chi connectivity index (χ1) is 14.7. The molecule has 0 saturated heterocycles. The minimum absolute atomic E-state index is 0.272. The number of anilines is 4. The zero-order valence-corrected chi connectivity index (χ0v) is 16.0. The Balaban J connectivity index is 1.52. The third-order valence-electron chi connectivity index (χ3n) is 4.09. The molecule has 0 atom stereocenters. The van der Waals surface area contributed by atoms with E-state index in [-0.39, 0.29) is 5.82 Å². The van der Waals surface area contributed by atoms with E-state index in [4.69, 9.17) is 0 Å². The highest BCUT2D eigenvalue weighted by Gasteiger charge is 2.07. The summed E-state index contributed by atoms with van der Waals surface area (Å²) in [6.45, 7) is 0.967. The van der Waals surface area contributed by atoms with Crippen molar-refractivity contribution in [3.05, 3.63) is 90.4 Å². The summed E-state index contributed by atoms with van der Waals surface area (Å²) in [5.74, 6) is 1.87. The van der Waals surface area contributed by atoms with Crippen LogP contribution in [0.25, 0.3) is 0 Å². The van der Waals surface area contributed by atoms with Gasteiger partial charge in [0.2, 0.25) is 5.95 Å². The molecule has 8 nitrogen and oxygen atoms in total. The van der Waals surface area contributed by atoms with Gasteiger partial charge in [-0.15, -0.1) is 0 Å². The fourth-order valence-electron chi connectivity index (χ4n) is 2.64. The summed E-state index contributed by atoms with van der Waals surface area (Å²) in [4.78, 5) is 21.6. The SMILES string of the molecule is Fc1ccc(CNc2nc(NCc3ccccn3)cc(Nc3cnccn3)n2)cc1. The summed E-state index contributed by atoms with van der Waals surface area (Å²) >= 11 is 0. The largest absolute Gasteiger partial charge is 0.364 e. The first kappa shape index (κ1) is 19.2. The molecule has 4 aromatic rings. The van der Waals surface area contributed by atoms with Crippen LogP contribution in [0.4, 0.5) is 27.8 Å². The summed E-state index contributed by atoms with van der Waals surface area (Å²) in [7, 11) is 0. The van der Waals surface area contributed by atoms with Crippen LogP contribution < -0.4 is 16.0 Å². The van der Waals surface area contributed by atoms with Gasteiger partial charge in [0.1, 0.15) is 23.3 Å². The van der Waals surface area contributed by atoms with E-state index in [0.717, 1.165) is 11.3 Å². The Bertz CT molecular complexity index is 1080. The van der Waals surface area contributed by atoms with E-state index >= 15 is 0 Å². The van der Waals surface area contributed by atoms with Crippen LogP contribution in [-0.2, 0) is 13.1 Å². The second-order valence-electron chi connectivity index (χ2n) is 6.33. The first-order valence-electron chi connectivity index (χ1n) is 9.29. The van der Waals surface area contributed by atoms with Crippen molar-refractivity contribution in [3.8, 4) is 0 Å². The van der Waals surface area contributed by atoms with Crippen LogP contribution in [-0.4, -0.2) is 24.9 Å². The molecule has 3 heterocycles. The lowest BCUT2D eigenvalue weighted by molar-refractivity contribution is 0.627. The number of hydrogen-bond acceptors (Lipinski definition) is 8. The van der Waals surface area contributed by atoms with Crippen LogP contribution in [0.15, 0.2) is 73.3 Å². The van der Waals surface area contributed by atoms with Crippen LogP contribution >= 0.6 is 0 Å². The van der Waals surface area contributed by atoms with Gasteiger partial charge in [-0.1, -0.05) is 18.2 Å². The molecule has 0 radical (unpaired) electrons. The number of halogens is 1. The van der Waals surface area contributed by atoms with Crippen LogP contribution in [0.2, 0.25) is 0 Å². The van der Waals surface area contributed by atoms with E-state index in [1.54, 1.807) is 43.0 Å². The fraction of sp³-hybridized carbons (Fsp3) is 0.0952. The number of hydrogen-bond donors (Lipinski definition) is 3. The Kier molecular flexibility index (Phi) is 5.99. The van der Waals surface area contributed by atoms with Gasteiger partial charge in [0.05, 0.1) is 18.4 Å². The molecule has 0 fully saturated rings. The maximum atomic E-state index is 13.1. The van der Waals surface area contributed by atoms with E-state index in [0.29, 0.717) is 36.5 Å². The summed E-state index contributed by atoms with van der Waals surface area (Å²) in [5, 5.41) is 9.54. The van der Waals surface area contributed by atoms with Gasteiger partial charge in [0, 0.05) is 31.2 Å². The van der Waals surface area contributed by atoms with E-state index in [1.165, 1.54) is 12.1 Å². The molecule has 0 saturated carbocycles. The molecule has 0 amide bonds. The molecule has 30 heavy (non-hydrogen) atoms. The van der Waals surface area contributed by atoms with Crippen molar-refractivity contribution >= 4 is 23.4 Å². The van der Waals surface area contributed by atoms with Gasteiger partial charge in [0.25, 0.3) is 0 Å². The average molecular weight is 402 g/mol. The van der Waals surface area contributed by atoms with E-state index in [2.05, 4.69) is 40.9 Å². The Hall–Kier alpha value is -4.14. The molecule has 9 heteroatoms. The number of nitrogens with zero attached hydrogens (tertiary/aromatic N) is 5. The first-order valence-corrected chi connectivity index (χ1v) is 9.29. The molecule has 0 unspecified atom stereocenters. The molecule has 150 valence electrons. The van der Waals surface area contributed by atoms with E-state index < -0.39 is 0 Å². The van der Waals surface area contributed by atoms with Crippen molar-refractivity contribution < 1.29 is 4.39 Å². The van der Waals surface area contributed by atoms with Crippen LogP contribution in [0, 0.1) is 5.82 Å². The zero-order chi connectivity index (χ0) is 20.6. The van der Waals surface area contributed by atoms with Gasteiger partial charge in [-0.2, -0.15) is 9.97 Å². The normalized spacial score (nSPS) is 10.4. The molecular weight excluding hydrogens is 383 g/mol. The average Bonchev–Trinajstić information content (AvgIpc) is 2.79. The minimum atomic E-state index is -0.272. The van der Waals surface area contributed by atoms with E-state index in [9.17, 15) is 4.39 Å². The molecule has 0 aliphatic heterocycles. The lowest BCUT2D eigenvalue weighted by Crippen LogP contribution is -2.09. The van der Waals surface area contributed by atoms with Crippen LogP contribution in [0.5, 0.6) is 0 Å². The van der Waals surface area contributed by atoms with E-state index in [1.807, 2.05) is 18.2 Å². The lowest BCUT2D eigenvalue weighted by Gasteiger charge is -2.12. The molecule has 4 rings (SSSR count). The predicted octanol–water partition coefficient (Wildman–Crippen LogP) is 3.77. The highest BCUT2D eigenvalue weighted by atomic mass is 19.1. The number of aromatic nitrogens is 5. The number of nitrogens with one attached hydrogen (secondary N) is 3. The quantitative estimate of drug-likeness (QED) is 0.410. The summed E-state index contributed by atoms with van der Waals surface area (Å²) < 4.78 is 13.1. The number of benzene rings is 1. The molecule has 1 aromatic carbocycles. The molecule has 3 aromatic heterocycles. The summed E-state index contributed by atoms with van der Waals surface area (Å²) in [6.07, 6.45) is 6.54. The Labute approximate surface area is 172 Å². The molecule has 0 spiro atoms. The lowest BCUT2D eigenvalue weighted by atomic mass is 10.2. The Morgan fingerprint density at radius 2 is 1.63 bits per heavy atom. The maximum Gasteiger partial charge on any atom is 0.226 e. The molecule has 3 N–H and O–H groups in total. The molecular formula is C21H19FN8. The van der Waals surface area contributed by atoms with Gasteiger partial charge in [0.15, 0.2) is 0 Å². The standard InChI is InChI=1S/C21H19FN8/c22-16-6-4-15(5-7-16)12-27-21-29-18(26-13-17-3-1-2-8-24-17)11-19(30-21)28-20-14-23-9-10-25-20/h1-11,14H,12-13H2,(H3,25,26,27,28,29,30).